The van der Waals surface area contributed by atoms with Crippen molar-refractivity contribution in [2.24, 2.45) is 0 Å². The van der Waals surface area contributed by atoms with Crippen LogP contribution in [0.2, 0.25) is 0 Å². The summed E-state index contributed by atoms with van der Waals surface area (Å²) in [4.78, 5) is 4.96. The molecule has 364 valence electrons. The largest absolute Gasteiger partial charge is 0.310 e. The van der Waals surface area contributed by atoms with E-state index in [9.17, 15) is 0 Å². The molecule has 13 aromatic carbocycles. The Morgan fingerprint density at radius 3 is 1.18 bits per heavy atom. The Morgan fingerprint density at radius 1 is 0.247 bits per heavy atom. The molecule has 0 N–H and O–H groups in total. The summed E-state index contributed by atoms with van der Waals surface area (Å²) in [7, 11) is 0. The van der Waals surface area contributed by atoms with E-state index in [0.29, 0.717) is 0 Å². The van der Waals surface area contributed by atoms with E-state index in [-0.39, 0.29) is 5.41 Å². The van der Waals surface area contributed by atoms with Crippen molar-refractivity contribution in [3.05, 3.63) is 302 Å². The molecule has 14 rings (SSSR count). The minimum Gasteiger partial charge on any atom is -0.310 e. The number of hydrogen-bond acceptors (Lipinski definition) is 2. The first kappa shape index (κ1) is 45.8. The standard InChI is InChI=1S/C75H54N2/c1-75(2)68-50-71(77(58-35-19-8-20-36-58)70-46-42-56(52-27-11-4-12-28-52)48-66(70)54-31-15-6-16-32-54)61-38-22-24-40-63(61)72(68)73-62-39-23-21-37-60(62)67-49-59(43-44-64(67)74(73)75)76(57-33-17-7-18-34-57)69-45-41-55(51-25-9-3-10-26-51)47-65(69)53-29-13-5-14-30-53/h3-50H,1-2H3. The number of fused-ring (bicyclic) bond motifs is 10. The molecule has 0 radical (unpaired) electrons. The summed E-state index contributed by atoms with van der Waals surface area (Å²) < 4.78 is 0. The summed E-state index contributed by atoms with van der Waals surface area (Å²) in [6, 6.07) is 107. The van der Waals surface area contributed by atoms with Crippen molar-refractivity contribution < 1.29 is 0 Å². The lowest BCUT2D eigenvalue weighted by Gasteiger charge is -2.31. The van der Waals surface area contributed by atoms with E-state index >= 15 is 0 Å². The summed E-state index contributed by atoms with van der Waals surface area (Å²) in [6.07, 6.45) is 0. The highest BCUT2D eigenvalue weighted by molar-refractivity contribution is 6.23. The third-order valence-corrected chi connectivity index (χ3v) is 16.0. The number of rotatable bonds is 10. The van der Waals surface area contributed by atoms with Gasteiger partial charge in [0.05, 0.1) is 17.1 Å². The van der Waals surface area contributed by atoms with Crippen molar-refractivity contribution in [2.45, 2.75) is 19.3 Å². The maximum Gasteiger partial charge on any atom is 0.0543 e. The fourth-order valence-electron chi connectivity index (χ4n) is 12.4. The lowest BCUT2D eigenvalue weighted by Crippen LogP contribution is -2.18. The molecule has 0 bridgehead atoms. The third kappa shape index (κ3) is 7.80. The zero-order valence-electron chi connectivity index (χ0n) is 43.1. The van der Waals surface area contributed by atoms with Crippen LogP contribution in [0.15, 0.2) is 291 Å². The van der Waals surface area contributed by atoms with Gasteiger partial charge in [-0.25, -0.2) is 0 Å². The fourth-order valence-corrected chi connectivity index (χ4v) is 12.4. The molecule has 13 aromatic rings. The molecule has 0 saturated carbocycles. The van der Waals surface area contributed by atoms with Gasteiger partial charge in [-0.15, -0.1) is 0 Å². The highest BCUT2D eigenvalue weighted by Crippen LogP contribution is 2.59. The van der Waals surface area contributed by atoms with Gasteiger partial charge in [-0.1, -0.05) is 238 Å². The molecule has 2 heteroatoms. The highest BCUT2D eigenvalue weighted by atomic mass is 15.2. The van der Waals surface area contributed by atoms with Gasteiger partial charge in [-0.3, -0.25) is 0 Å². The van der Waals surface area contributed by atoms with Crippen LogP contribution in [-0.2, 0) is 5.41 Å². The zero-order chi connectivity index (χ0) is 51.5. The van der Waals surface area contributed by atoms with Crippen LogP contribution in [0, 0.1) is 0 Å². The van der Waals surface area contributed by atoms with Crippen LogP contribution < -0.4 is 9.80 Å². The molecule has 0 unspecified atom stereocenters. The Bertz CT molecular complexity index is 4320. The Labute approximate surface area is 451 Å². The van der Waals surface area contributed by atoms with Crippen LogP contribution in [-0.4, -0.2) is 0 Å². The van der Waals surface area contributed by atoms with E-state index < -0.39 is 0 Å². The van der Waals surface area contributed by atoms with Gasteiger partial charge in [0.2, 0.25) is 0 Å². The van der Waals surface area contributed by atoms with Gasteiger partial charge in [0.15, 0.2) is 0 Å². The van der Waals surface area contributed by atoms with E-state index in [0.717, 1.165) is 34.1 Å². The van der Waals surface area contributed by atoms with E-state index in [1.54, 1.807) is 0 Å². The summed E-state index contributed by atoms with van der Waals surface area (Å²) in [5.41, 5.74) is 21.1. The van der Waals surface area contributed by atoms with Gasteiger partial charge in [0.1, 0.15) is 0 Å². The number of para-hydroxylation sites is 2. The van der Waals surface area contributed by atoms with Crippen LogP contribution >= 0.6 is 0 Å². The Hall–Kier alpha value is -9.76. The van der Waals surface area contributed by atoms with E-state index in [1.807, 2.05) is 0 Å². The number of anilines is 6. The van der Waals surface area contributed by atoms with E-state index in [2.05, 4.69) is 315 Å². The second kappa shape index (κ2) is 18.9. The lowest BCUT2D eigenvalue weighted by molar-refractivity contribution is 0.667. The van der Waals surface area contributed by atoms with Gasteiger partial charge in [-0.2, -0.15) is 0 Å². The van der Waals surface area contributed by atoms with Crippen LogP contribution in [0.5, 0.6) is 0 Å². The smallest absolute Gasteiger partial charge is 0.0543 e. The molecule has 2 nitrogen and oxygen atoms in total. The molecule has 1 aliphatic carbocycles. The van der Waals surface area contributed by atoms with Crippen molar-refractivity contribution in [1.29, 1.82) is 0 Å². The molecular weight excluding hydrogens is 929 g/mol. The SMILES string of the molecule is CC1(C)c2cc(N(c3ccccc3)c3ccc(-c4ccccc4)cc3-c3ccccc3)c3ccccc3c2-c2c1c1ccc(N(c3ccccc3)c3ccc(-c4ccccc4)cc3-c3ccccc3)cc1c1ccccc21. The second-order valence-corrected chi connectivity index (χ2v) is 20.8. The topological polar surface area (TPSA) is 6.48 Å². The number of nitrogens with zero attached hydrogens (tertiary/aromatic N) is 2. The highest BCUT2D eigenvalue weighted by Gasteiger charge is 2.41. The summed E-state index contributed by atoms with van der Waals surface area (Å²) in [6.45, 7) is 4.90. The molecule has 0 atom stereocenters. The molecule has 0 saturated heterocycles. The van der Waals surface area contributed by atoms with Crippen LogP contribution in [0.25, 0.3) is 88.0 Å². The second-order valence-electron chi connectivity index (χ2n) is 20.8. The minimum absolute atomic E-state index is 0.387. The van der Waals surface area contributed by atoms with Gasteiger partial charge in [0, 0.05) is 39.0 Å². The first-order valence-corrected chi connectivity index (χ1v) is 26.8. The van der Waals surface area contributed by atoms with Crippen molar-refractivity contribution >= 4 is 66.4 Å². The molecule has 77 heavy (non-hydrogen) atoms. The van der Waals surface area contributed by atoms with Crippen molar-refractivity contribution in [3.8, 4) is 55.6 Å². The van der Waals surface area contributed by atoms with Crippen LogP contribution in [0.4, 0.5) is 34.1 Å². The predicted octanol–water partition coefficient (Wildman–Crippen LogP) is 21.1. The average molecular weight is 983 g/mol. The summed E-state index contributed by atoms with van der Waals surface area (Å²) in [5.74, 6) is 0. The van der Waals surface area contributed by atoms with Gasteiger partial charge in [-0.05, 0) is 149 Å². The van der Waals surface area contributed by atoms with Crippen LogP contribution in [0.3, 0.4) is 0 Å². The fraction of sp³-hybridized carbons (Fsp3) is 0.0400. The van der Waals surface area contributed by atoms with Gasteiger partial charge in [0.25, 0.3) is 0 Å². The van der Waals surface area contributed by atoms with Gasteiger partial charge >= 0.3 is 0 Å². The average Bonchev–Trinajstić information content (AvgIpc) is 4.03. The third-order valence-electron chi connectivity index (χ3n) is 16.0. The molecular formula is C75H54N2. The molecule has 0 aromatic heterocycles. The van der Waals surface area contributed by atoms with E-state index in [1.165, 1.54) is 99.1 Å². The molecule has 0 spiro atoms. The molecule has 0 amide bonds. The van der Waals surface area contributed by atoms with Crippen molar-refractivity contribution in [1.82, 2.24) is 0 Å². The molecule has 0 fully saturated rings. The number of hydrogen-bond donors (Lipinski definition) is 0. The first-order valence-electron chi connectivity index (χ1n) is 26.8. The van der Waals surface area contributed by atoms with E-state index in [4.69, 9.17) is 0 Å². The summed E-state index contributed by atoms with van der Waals surface area (Å²) >= 11 is 0. The maximum atomic E-state index is 2.53. The maximum absolute atomic E-state index is 2.53. The molecule has 0 heterocycles. The summed E-state index contributed by atoms with van der Waals surface area (Å²) in [5, 5.41) is 7.47. The Morgan fingerprint density at radius 2 is 0.662 bits per heavy atom. The quantitative estimate of drug-likeness (QED) is 0.126. The minimum atomic E-state index is -0.387. The predicted molar refractivity (Wildman–Crippen MR) is 328 cm³/mol. The Balaban J connectivity index is 0.993. The lowest BCUT2D eigenvalue weighted by atomic mass is 9.78. The Kier molecular flexibility index (Phi) is 11.2. The molecule has 1 aliphatic rings. The monoisotopic (exact) mass is 982 g/mol. The van der Waals surface area contributed by atoms with Crippen molar-refractivity contribution in [3.63, 3.8) is 0 Å². The number of benzene rings is 13. The van der Waals surface area contributed by atoms with Crippen LogP contribution in [0.1, 0.15) is 25.0 Å². The molecule has 0 aliphatic heterocycles. The zero-order valence-corrected chi connectivity index (χ0v) is 43.1. The van der Waals surface area contributed by atoms with Crippen molar-refractivity contribution in [2.75, 3.05) is 9.80 Å². The normalized spacial score (nSPS) is 12.4. The first-order chi connectivity index (χ1) is 38.0. The van der Waals surface area contributed by atoms with Gasteiger partial charge < -0.3 is 9.80 Å².